The Bertz CT molecular complexity index is 507. The molecule has 0 atom stereocenters. The summed E-state index contributed by atoms with van der Waals surface area (Å²) in [4.78, 5) is 14.6. The molecule has 1 aliphatic rings. The first-order valence-electron chi connectivity index (χ1n) is 8.14. The maximum absolute atomic E-state index is 12.7. The van der Waals surface area contributed by atoms with Gasteiger partial charge >= 0.3 is 0 Å². The van der Waals surface area contributed by atoms with Gasteiger partial charge in [0.2, 0.25) is 0 Å². The van der Waals surface area contributed by atoms with E-state index in [1.54, 1.807) is 13.2 Å². The van der Waals surface area contributed by atoms with Crippen molar-refractivity contribution in [3.63, 3.8) is 0 Å². The highest BCUT2D eigenvalue weighted by molar-refractivity contribution is 5.95. The molecule has 0 spiro atoms. The Labute approximate surface area is 133 Å². The van der Waals surface area contributed by atoms with Crippen molar-refractivity contribution in [1.82, 2.24) is 4.90 Å². The lowest BCUT2D eigenvalue weighted by Crippen LogP contribution is -2.38. The van der Waals surface area contributed by atoms with Crippen molar-refractivity contribution in [2.24, 2.45) is 0 Å². The molecular formula is C18H27NO3. The number of carbonyl (C=O) groups is 1. The van der Waals surface area contributed by atoms with Gasteiger partial charge in [0.1, 0.15) is 0 Å². The first kappa shape index (κ1) is 16.7. The van der Waals surface area contributed by atoms with Gasteiger partial charge in [0.05, 0.1) is 13.2 Å². The molecule has 122 valence electrons. The van der Waals surface area contributed by atoms with Gasteiger partial charge in [-0.1, -0.05) is 19.3 Å². The van der Waals surface area contributed by atoms with E-state index in [4.69, 9.17) is 9.47 Å². The highest BCUT2D eigenvalue weighted by atomic mass is 16.5. The Kier molecular flexibility index (Phi) is 5.69. The number of hydrogen-bond donors (Lipinski definition) is 0. The van der Waals surface area contributed by atoms with E-state index < -0.39 is 0 Å². The lowest BCUT2D eigenvalue weighted by atomic mass is 9.94. The molecule has 1 aliphatic carbocycles. The van der Waals surface area contributed by atoms with Crippen LogP contribution in [0.2, 0.25) is 0 Å². The molecule has 1 saturated carbocycles. The minimum atomic E-state index is 0.0568. The van der Waals surface area contributed by atoms with Crippen LogP contribution in [0, 0.1) is 0 Å². The number of nitrogens with zero attached hydrogens (tertiary/aromatic N) is 1. The van der Waals surface area contributed by atoms with Crippen LogP contribution in [0.4, 0.5) is 0 Å². The van der Waals surface area contributed by atoms with E-state index >= 15 is 0 Å². The summed E-state index contributed by atoms with van der Waals surface area (Å²) < 4.78 is 11.1. The van der Waals surface area contributed by atoms with E-state index in [-0.39, 0.29) is 12.0 Å². The SMILES string of the molecule is COc1cc(C(=O)N(C)C2CCCCC2)ccc1OC(C)C. The largest absolute Gasteiger partial charge is 0.493 e. The van der Waals surface area contributed by atoms with Crippen molar-refractivity contribution in [1.29, 1.82) is 0 Å². The third-order valence-electron chi connectivity index (χ3n) is 4.22. The molecule has 0 unspecified atom stereocenters. The molecule has 0 N–H and O–H groups in total. The summed E-state index contributed by atoms with van der Waals surface area (Å²) in [6, 6.07) is 5.78. The lowest BCUT2D eigenvalue weighted by Gasteiger charge is -2.31. The summed E-state index contributed by atoms with van der Waals surface area (Å²) in [6.45, 7) is 3.94. The minimum absolute atomic E-state index is 0.0568. The summed E-state index contributed by atoms with van der Waals surface area (Å²) in [5.74, 6) is 1.34. The van der Waals surface area contributed by atoms with Crippen LogP contribution >= 0.6 is 0 Å². The Hall–Kier alpha value is -1.71. The fourth-order valence-corrected chi connectivity index (χ4v) is 2.99. The van der Waals surface area contributed by atoms with Gasteiger partial charge in [-0.05, 0) is 44.9 Å². The monoisotopic (exact) mass is 305 g/mol. The Balaban J connectivity index is 2.15. The first-order valence-corrected chi connectivity index (χ1v) is 8.14. The number of carbonyl (C=O) groups excluding carboxylic acids is 1. The lowest BCUT2D eigenvalue weighted by molar-refractivity contribution is 0.0696. The standard InChI is InChI=1S/C18H27NO3/c1-13(2)22-16-11-10-14(12-17(16)21-4)18(20)19(3)15-8-6-5-7-9-15/h10-13,15H,5-9H2,1-4H3. The van der Waals surface area contributed by atoms with Gasteiger partial charge < -0.3 is 14.4 Å². The predicted octanol–water partition coefficient (Wildman–Crippen LogP) is 3.89. The third-order valence-corrected chi connectivity index (χ3v) is 4.22. The molecule has 2 rings (SSSR count). The van der Waals surface area contributed by atoms with Crippen molar-refractivity contribution < 1.29 is 14.3 Å². The molecule has 0 heterocycles. The first-order chi connectivity index (χ1) is 10.5. The highest BCUT2D eigenvalue weighted by Crippen LogP contribution is 2.30. The maximum atomic E-state index is 12.7. The van der Waals surface area contributed by atoms with Crippen molar-refractivity contribution >= 4 is 5.91 Å². The van der Waals surface area contributed by atoms with Crippen LogP contribution < -0.4 is 9.47 Å². The van der Waals surface area contributed by atoms with Gasteiger partial charge in [0, 0.05) is 18.7 Å². The van der Waals surface area contributed by atoms with Gasteiger partial charge in [-0.2, -0.15) is 0 Å². The zero-order valence-corrected chi connectivity index (χ0v) is 14.1. The Morgan fingerprint density at radius 2 is 1.86 bits per heavy atom. The minimum Gasteiger partial charge on any atom is -0.493 e. The average molecular weight is 305 g/mol. The number of methoxy groups -OCH3 is 1. The highest BCUT2D eigenvalue weighted by Gasteiger charge is 2.23. The van der Waals surface area contributed by atoms with Crippen LogP contribution in [0.25, 0.3) is 0 Å². The molecular weight excluding hydrogens is 278 g/mol. The Morgan fingerprint density at radius 3 is 2.45 bits per heavy atom. The second kappa shape index (κ2) is 7.52. The molecule has 0 aromatic heterocycles. The van der Waals surface area contributed by atoms with E-state index in [2.05, 4.69) is 0 Å². The van der Waals surface area contributed by atoms with Crippen molar-refractivity contribution in [3.05, 3.63) is 23.8 Å². The summed E-state index contributed by atoms with van der Waals surface area (Å²) in [7, 11) is 3.50. The third kappa shape index (κ3) is 3.93. The summed E-state index contributed by atoms with van der Waals surface area (Å²) in [5.41, 5.74) is 0.654. The molecule has 1 amide bonds. The summed E-state index contributed by atoms with van der Waals surface area (Å²) in [6.07, 6.45) is 6.00. The van der Waals surface area contributed by atoms with Crippen LogP contribution in [-0.2, 0) is 0 Å². The van der Waals surface area contributed by atoms with Crippen molar-refractivity contribution in [2.45, 2.75) is 58.1 Å². The average Bonchev–Trinajstić information content (AvgIpc) is 2.54. The van der Waals surface area contributed by atoms with Crippen molar-refractivity contribution in [2.75, 3.05) is 14.2 Å². The van der Waals surface area contributed by atoms with Gasteiger partial charge in [0.25, 0.3) is 5.91 Å². The smallest absolute Gasteiger partial charge is 0.253 e. The predicted molar refractivity (Wildman–Crippen MR) is 87.7 cm³/mol. The molecule has 0 saturated heterocycles. The summed E-state index contributed by atoms with van der Waals surface area (Å²) >= 11 is 0. The molecule has 1 fully saturated rings. The van der Waals surface area contributed by atoms with Crippen LogP contribution in [0.5, 0.6) is 11.5 Å². The fraction of sp³-hybridized carbons (Fsp3) is 0.611. The molecule has 22 heavy (non-hydrogen) atoms. The molecule has 4 heteroatoms. The van der Waals surface area contributed by atoms with E-state index in [0.29, 0.717) is 23.1 Å². The van der Waals surface area contributed by atoms with Gasteiger partial charge in [-0.15, -0.1) is 0 Å². The van der Waals surface area contributed by atoms with Gasteiger partial charge in [-0.3, -0.25) is 4.79 Å². The van der Waals surface area contributed by atoms with E-state index in [1.165, 1.54) is 19.3 Å². The van der Waals surface area contributed by atoms with E-state index in [0.717, 1.165) is 12.8 Å². The summed E-state index contributed by atoms with van der Waals surface area (Å²) in [5, 5.41) is 0. The second-order valence-electron chi connectivity index (χ2n) is 6.24. The van der Waals surface area contributed by atoms with Crippen LogP contribution in [-0.4, -0.2) is 37.1 Å². The molecule has 1 aromatic rings. The van der Waals surface area contributed by atoms with Gasteiger partial charge in [-0.25, -0.2) is 0 Å². The molecule has 0 aliphatic heterocycles. The van der Waals surface area contributed by atoms with Crippen LogP contribution in [0.3, 0.4) is 0 Å². The van der Waals surface area contributed by atoms with Crippen molar-refractivity contribution in [3.8, 4) is 11.5 Å². The molecule has 4 nitrogen and oxygen atoms in total. The van der Waals surface area contributed by atoms with Crippen LogP contribution in [0.15, 0.2) is 18.2 Å². The Morgan fingerprint density at radius 1 is 1.18 bits per heavy atom. The normalized spacial score (nSPS) is 15.7. The zero-order valence-electron chi connectivity index (χ0n) is 14.1. The van der Waals surface area contributed by atoms with E-state index in [9.17, 15) is 4.79 Å². The van der Waals surface area contributed by atoms with Gasteiger partial charge in [0.15, 0.2) is 11.5 Å². The second-order valence-corrected chi connectivity index (χ2v) is 6.24. The fourth-order valence-electron chi connectivity index (χ4n) is 2.99. The molecule has 0 radical (unpaired) electrons. The topological polar surface area (TPSA) is 38.8 Å². The van der Waals surface area contributed by atoms with Crippen LogP contribution in [0.1, 0.15) is 56.3 Å². The zero-order chi connectivity index (χ0) is 16.1. The number of hydrogen-bond acceptors (Lipinski definition) is 3. The quantitative estimate of drug-likeness (QED) is 0.828. The maximum Gasteiger partial charge on any atom is 0.253 e. The molecule has 0 bridgehead atoms. The number of rotatable bonds is 5. The number of benzene rings is 1. The number of ether oxygens (including phenoxy) is 2. The number of amides is 1. The molecule has 1 aromatic carbocycles. The van der Waals surface area contributed by atoms with E-state index in [1.807, 2.05) is 37.9 Å².